The second kappa shape index (κ2) is 11.5. The number of nitriles is 1. The Balaban J connectivity index is 1.14. The fourth-order valence-electron chi connectivity index (χ4n) is 6.22. The number of likely N-dealkylation sites (N-methyl/N-ethyl adjacent to an activating group) is 1. The van der Waals surface area contributed by atoms with Gasteiger partial charge in [0, 0.05) is 30.2 Å². The third-order valence-corrected chi connectivity index (χ3v) is 8.76. The van der Waals surface area contributed by atoms with E-state index in [4.69, 9.17) is 9.47 Å². The second-order valence-corrected chi connectivity index (χ2v) is 11.4. The van der Waals surface area contributed by atoms with E-state index in [-0.39, 0.29) is 53.3 Å². The second-order valence-electron chi connectivity index (χ2n) is 11.4. The highest BCUT2D eigenvalue weighted by atomic mass is 19.4. The summed E-state index contributed by atoms with van der Waals surface area (Å²) in [6, 6.07) is 7.61. The summed E-state index contributed by atoms with van der Waals surface area (Å²) in [6.07, 6.45) is 1.32. The highest BCUT2D eigenvalue weighted by Gasteiger charge is 2.36. The van der Waals surface area contributed by atoms with Gasteiger partial charge >= 0.3 is 6.18 Å². The van der Waals surface area contributed by atoms with Crippen LogP contribution in [0.3, 0.4) is 0 Å². The number of carbonyl (C=O) groups is 1. The fraction of sp³-hybridized carbons (Fsp3) is 0.533. The lowest BCUT2D eigenvalue weighted by Crippen LogP contribution is -2.47. The fourth-order valence-corrected chi connectivity index (χ4v) is 6.22. The van der Waals surface area contributed by atoms with Crippen molar-refractivity contribution in [1.29, 1.82) is 5.26 Å². The zero-order valence-electron chi connectivity index (χ0n) is 23.4. The number of hydrogen-bond acceptors (Lipinski definition) is 7. The van der Waals surface area contributed by atoms with E-state index in [1.54, 1.807) is 18.3 Å². The summed E-state index contributed by atoms with van der Waals surface area (Å²) in [4.78, 5) is 25.5. The van der Waals surface area contributed by atoms with Crippen molar-refractivity contribution in [3.8, 4) is 23.1 Å². The van der Waals surface area contributed by atoms with Crippen molar-refractivity contribution in [3.63, 3.8) is 0 Å². The van der Waals surface area contributed by atoms with Gasteiger partial charge in [0.1, 0.15) is 17.5 Å². The molecular formula is C30H33F3N6O3. The molecule has 12 heteroatoms. The summed E-state index contributed by atoms with van der Waals surface area (Å²) in [5.41, 5.74) is 0.0868. The van der Waals surface area contributed by atoms with Crippen LogP contribution in [0, 0.1) is 17.2 Å². The molecule has 1 amide bonds. The van der Waals surface area contributed by atoms with Crippen LogP contribution in [-0.2, 0) is 15.7 Å². The minimum absolute atomic E-state index is 0.0316. The number of amides is 1. The molecule has 0 N–H and O–H groups in total. The van der Waals surface area contributed by atoms with E-state index < -0.39 is 11.7 Å². The van der Waals surface area contributed by atoms with Gasteiger partial charge in [0.25, 0.3) is 0 Å². The maximum Gasteiger partial charge on any atom is 0.419 e. The molecule has 3 aliphatic rings. The molecule has 1 atom stereocenters. The van der Waals surface area contributed by atoms with Crippen molar-refractivity contribution in [1.82, 2.24) is 24.3 Å². The number of rotatable bonds is 7. The third-order valence-electron chi connectivity index (χ3n) is 8.76. The van der Waals surface area contributed by atoms with Crippen LogP contribution < -0.4 is 4.74 Å². The highest BCUT2D eigenvalue weighted by molar-refractivity contribution is 5.91. The van der Waals surface area contributed by atoms with Gasteiger partial charge in [0.05, 0.1) is 43.2 Å². The molecule has 1 aromatic carbocycles. The van der Waals surface area contributed by atoms with Crippen LogP contribution in [0.25, 0.3) is 22.3 Å². The number of halogens is 3. The number of nitrogens with zero attached hydrogens (tertiary/aromatic N) is 6. The monoisotopic (exact) mass is 582 g/mol. The minimum Gasteiger partial charge on any atom is -0.493 e. The molecule has 0 aliphatic carbocycles. The lowest BCUT2D eigenvalue weighted by atomic mass is 9.93. The zero-order chi connectivity index (χ0) is 29.4. The maximum atomic E-state index is 14.2. The number of benzene rings is 1. The summed E-state index contributed by atoms with van der Waals surface area (Å²) < 4.78 is 55.4. The Bertz CT molecular complexity index is 1500. The molecule has 0 unspecified atom stereocenters. The van der Waals surface area contributed by atoms with Gasteiger partial charge in [-0.2, -0.15) is 18.4 Å². The molecule has 5 heterocycles. The molecule has 6 rings (SSSR count). The van der Waals surface area contributed by atoms with E-state index >= 15 is 0 Å². The van der Waals surface area contributed by atoms with Gasteiger partial charge < -0.3 is 18.9 Å². The molecule has 3 aromatic rings. The topological polar surface area (TPSA) is 96.5 Å². The molecule has 2 aromatic heterocycles. The summed E-state index contributed by atoms with van der Waals surface area (Å²) in [6.45, 7) is 3.44. The smallest absolute Gasteiger partial charge is 0.419 e. The zero-order valence-corrected chi connectivity index (χ0v) is 23.4. The molecule has 0 bridgehead atoms. The number of aromatic nitrogens is 3. The first-order chi connectivity index (χ1) is 20.2. The number of hydrogen-bond donors (Lipinski definition) is 0. The van der Waals surface area contributed by atoms with E-state index in [2.05, 4.69) is 14.9 Å². The van der Waals surface area contributed by atoms with Crippen LogP contribution >= 0.6 is 0 Å². The summed E-state index contributed by atoms with van der Waals surface area (Å²) in [7, 11) is 1.99. The van der Waals surface area contributed by atoms with Crippen LogP contribution in [-0.4, -0.2) is 82.8 Å². The van der Waals surface area contributed by atoms with Crippen LogP contribution in [0.15, 0.2) is 30.5 Å². The molecule has 3 fully saturated rings. The van der Waals surface area contributed by atoms with Gasteiger partial charge in [-0.1, -0.05) is 0 Å². The van der Waals surface area contributed by atoms with Gasteiger partial charge in [-0.05, 0) is 75.9 Å². The summed E-state index contributed by atoms with van der Waals surface area (Å²) >= 11 is 0. The van der Waals surface area contributed by atoms with Crippen LogP contribution in [0.4, 0.5) is 13.2 Å². The van der Waals surface area contributed by atoms with E-state index in [0.717, 1.165) is 38.3 Å². The minimum atomic E-state index is -4.65. The number of piperidine rings is 1. The van der Waals surface area contributed by atoms with Crippen molar-refractivity contribution in [2.45, 2.75) is 50.4 Å². The van der Waals surface area contributed by atoms with Gasteiger partial charge in [-0.15, -0.1) is 0 Å². The standard InChI is InChI=1S/C30H33F3N6O3/c1-37-10-2-3-24(37)29(40)38-11-6-19(7-12-38)9-14-42-25-5-4-20(15-23(25)30(31,32)33)27-22-8-13-39(21-17-41-18-21)28(22)36-26(16-34)35-27/h4-5,8,13,15,19,21,24H,2-3,6-7,9-12,14,17-18H2,1H3/t24-/m1/s1. The van der Waals surface area contributed by atoms with E-state index in [9.17, 15) is 23.2 Å². The molecule has 9 nitrogen and oxygen atoms in total. The normalized spacial score (nSPS) is 20.5. The molecule has 42 heavy (non-hydrogen) atoms. The number of carbonyl (C=O) groups excluding carboxylic acids is 1. The summed E-state index contributed by atoms with van der Waals surface area (Å²) in [5.74, 6) is 0.122. The predicted molar refractivity (Wildman–Crippen MR) is 148 cm³/mol. The molecule has 0 saturated carbocycles. The van der Waals surface area contributed by atoms with Crippen molar-refractivity contribution in [2.24, 2.45) is 5.92 Å². The highest BCUT2D eigenvalue weighted by Crippen LogP contribution is 2.40. The maximum absolute atomic E-state index is 14.2. The van der Waals surface area contributed by atoms with Crippen LogP contribution in [0.5, 0.6) is 5.75 Å². The Morgan fingerprint density at radius 3 is 2.57 bits per heavy atom. The van der Waals surface area contributed by atoms with Gasteiger partial charge in [0.2, 0.25) is 11.7 Å². The molecule has 222 valence electrons. The number of ether oxygens (including phenoxy) is 2. The van der Waals surface area contributed by atoms with Crippen molar-refractivity contribution in [3.05, 3.63) is 41.9 Å². The molecule has 3 saturated heterocycles. The molecule has 3 aliphatic heterocycles. The number of likely N-dealkylation sites (tertiary alicyclic amines) is 2. The Kier molecular flexibility index (Phi) is 7.81. The largest absolute Gasteiger partial charge is 0.493 e. The van der Waals surface area contributed by atoms with Crippen molar-refractivity contribution >= 4 is 16.9 Å². The SMILES string of the molecule is CN1CCC[C@@H]1C(=O)N1CCC(CCOc2ccc(-c3nc(C#N)nc4c3ccn4C3COC3)cc2C(F)(F)F)CC1. The van der Waals surface area contributed by atoms with E-state index in [0.29, 0.717) is 43.8 Å². The first-order valence-corrected chi connectivity index (χ1v) is 14.4. The Labute approximate surface area is 241 Å². The molecule has 0 spiro atoms. The van der Waals surface area contributed by atoms with Crippen LogP contribution in [0.2, 0.25) is 0 Å². The quantitative estimate of drug-likeness (QED) is 0.400. The molecular weight excluding hydrogens is 549 g/mol. The lowest BCUT2D eigenvalue weighted by molar-refractivity contribution is -0.139. The predicted octanol–water partition coefficient (Wildman–Crippen LogP) is 4.66. The van der Waals surface area contributed by atoms with E-state index in [1.165, 1.54) is 6.07 Å². The van der Waals surface area contributed by atoms with Crippen molar-refractivity contribution in [2.75, 3.05) is 46.5 Å². The Morgan fingerprint density at radius 1 is 1.14 bits per heavy atom. The average Bonchev–Trinajstić information content (AvgIpc) is 3.57. The molecule has 0 radical (unpaired) electrons. The van der Waals surface area contributed by atoms with Gasteiger partial charge in [-0.25, -0.2) is 9.97 Å². The van der Waals surface area contributed by atoms with Gasteiger partial charge in [0.15, 0.2) is 0 Å². The van der Waals surface area contributed by atoms with Crippen LogP contribution in [0.1, 0.15) is 49.5 Å². The Morgan fingerprint density at radius 2 is 1.93 bits per heavy atom. The third kappa shape index (κ3) is 5.55. The average molecular weight is 583 g/mol. The Hall–Kier alpha value is -3.69. The summed E-state index contributed by atoms with van der Waals surface area (Å²) in [5, 5.41) is 10.1. The first-order valence-electron chi connectivity index (χ1n) is 14.4. The van der Waals surface area contributed by atoms with Gasteiger partial charge in [-0.3, -0.25) is 9.69 Å². The first kappa shape index (κ1) is 28.4. The number of fused-ring (bicyclic) bond motifs is 1. The van der Waals surface area contributed by atoms with E-state index in [1.807, 2.05) is 22.6 Å². The lowest BCUT2D eigenvalue weighted by Gasteiger charge is -2.34. The number of alkyl halides is 3. The van der Waals surface area contributed by atoms with Crippen molar-refractivity contribution < 1.29 is 27.4 Å².